The third-order valence-electron chi connectivity index (χ3n) is 1.76. The second kappa shape index (κ2) is 3.48. The van der Waals surface area contributed by atoms with E-state index in [0.717, 1.165) is 10.1 Å². The highest BCUT2D eigenvalue weighted by Crippen LogP contribution is 2.33. The normalized spacial score (nSPS) is 11.0. The van der Waals surface area contributed by atoms with Crippen molar-refractivity contribution in [2.24, 2.45) is 0 Å². The smallest absolute Gasteiger partial charge is 0.137 e. The highest BCUT2D eigenvalue weighted by Gasteiger charge is 2.06. The minimum atomic E-state index is -0.172. The van der Waals surface area contributed by atoms with E-state index in [1.165, 1.54) is 29.2 Å². The lowest BCUT2D eigenvalue weighted by Crippen LogP contribution is -1.77. The topological polar surface area (TPSA) is 0 Å². The fourth-order valence-corrected chi connectivity index (χ4v) is 2.90. The molecule has 2 aromatic rings. The fourth-order valence-electron chi connectivity index (χ4n) is 1.16. The van der Waals surface area contributed by atoms with Gasteiger partial charge in [-0.25, -0.2) is 4.39 Å². The van der Waals surface area contributed by atoms with Crippen LogP contribution in [0.4, 0.5) is 4.39 Å². The minimum absolute atomic E-state index is 0.172. The Kier molecular flexibility index (Phi) is 2.49. The van der Waals surface area contributed by atoms with Gasteiger partial charge < -0.3 is 0 Å². The molecule has 0 aliphatic rings. The predicted molar refractivity (Wildman–Crippen MR) is 58.6 cm³/mol. The van der Waals surface area contributed by atoms with Gasteiger partial charge in [0.15, 0.2) is 0 Å². The zero-order valence-electron chi connectivity index (χ0n) is 6.80. The lowest BCUT2D eigenvalue weighted by Gasteiger charge is -1.97. The average molecular weight is 233 g/mol. The van der Waals surface area contributed by atoms with E-state index in [9.17, 15) is 4.39 Å². The van der Waals surface area contributed by atoms with Crippen LogP contribution in [0, 0.1) is 5.82 Å². The molecule has 0 spiro atoms. The number of rotatable bonds is 1. The Bertz CT molecular complexity index is 450. The Hall–Kier alpha value is -0.250. The zero-order chi connectivity index (χ0) is 9.42. The first-order valence-corrected chi connectivity index (χ1v) is 6.05. The van der Waals surface area contributed by atoms with Crippen LogP contribution in [-0.2, 0) is 0 Å². The number of halogens is 2. The summed E-state index contributed by atoms with van der Waals surface area (Å²) in [6.45, 7) is 0. The van der Waals surface area contributed by atoms with Gasteiger partial charge in [0.1, 0.15) is 5.82 Å². The summed E-state index contributed by atoms with van der Waals surface area (Å²) in [7, 11) is 0. The molecule has 0 amide bonds. The molecule has 0 fully saturated rings. The molecule has 0 unspecified atom stereocenters. The molecular weight excluding hydrogens is 227 g/mol. The quantitative estimate of drug-likeness (QED) is 0.656. The van der Waals surface area contributed by atoms with Crippen LogP contribution in [0.15, 0.2) is 23.1 Å². The summed E-state index contributed by atoms with van der Waals surface area (Å²) in [5.74, 6) is -0.172. The highest BCUT2D eigenvalue weighted by molar-refractivity contribution is 7.98. The molecule has 0 bridgehead atoms. The molecule has 1 heterocycles. The van der Waals surface area contributed by atoms with Crippen molar-refractivity contribution in [1.82, 2.24) is 0 Å². The van der Waals surface area contributed by atoms with Crippen LogP contribution in [0.5, 0.6) is 0 Å². The van der Waals surface area contributed by atoms with Gasteiger partial charge in [0.25, 0.3) is 0 Å². The van der Waals surface area contributed by atoms with E-state index in [-0.39, 0.29) is 5.82 Å². The van der Waals surface area contributed by atoms with Gasteiger partial charge in [-0.15, -0.1) is 23.1 Å². The number of thioether (sulfide) groups is 1. The first-order chi connectivity index (χ1) is 6.20. The van der Waals surface area contributed by atoms with Crippen LogP contribution >= 0.6 is 34.7 Å². The summed E-state index contributed by atoms with van der Waals surface area (Å²) < 4.78 is 15.0. The van der Waals surface area contributed by atoms with Gasteiger partial charge in [0.2, 0.25) is 0 Å². The van der Waals surface area contributed by atoms with Crippen molar-refractivity contribution in [3.8, 4) is 0 Å². The highest BCUT2D eigenvalue weighted by atomic mass is 35.5. The van der Waals surface area contributed by atoms with E-state index in [0.29, 0.717) is 9.23 Å². The molecule has 0 radical (unpaired) electrons. The summed E-state index contributed by atoms with van der Waals surface area (Å²) in [6.07, 6.45) is 1.86. The molecule has 0 aliphatic carbocycles. The monoisotopic (exact) mass is 232 g/mol. The second-order valence-corrected chi connectivity index (χ2v) is 5.14. The molecule has 2 rings (SSSR count). The van der Waals surface area contributed by atoms with Gasteiger partial charge in [-0.1, -0.05) is 11.6 Å². The average Bonchev–Trinajstić information content (AvgIpc) is 2.42. The zero-order valence-corrected chi connectivity index (χ0v) is 9.19. The molecule has 4 heteroatoms. The van der Waals surface area contributed by atoms with Crippen molar-refractivity contribution >= 4 is 44.8 Å². The Morgan fingerprint density at radius 1 is 1.38 bits per heavy atom. The number of fused-ring (bicyclic) bond motifs is 1. The first-order valence-electron chi connectivity index (χ1n) is 3.63. The maximum Gasteiger partial charge on any atom is 0.137 e. The second-order valence-electron chi connectivity index (χ2n) is 2.58. The summed E-state index contributed by atoms with van der Waals surface area (Å²) >= 11 is 8.70. The molecule has 68 valence electrons. The largest absolute Gasteiger partial charge is 0.206 e. The lowest BCUT2D eigenvalue weighted by molar-refractivity contribution is 0.604. The third kappa shape index (κ3) is 1.68. The maximum atomic E-state index is 13.3. The Labute approximate surface area is 88.7 Å². The van der Waals surface area contributed by atoms with Gasteiger partial charge >= 0.3 is 0 Å². The number of hydrogen-bond donors (Lipinski definition) is 0. The van der Waals surface area contributed by atoms with Crippen LogP contribution in [0.3, 0.4) is 0 Å². The summed E-state index contributed by atoms with van der Waals surface area (Å²) in [6, 6.07) is 5.16. The maximum absolute atomic E-state index is 13.3. The van der Waals surface area contributed by atoms with E-state index >= 15 is 0 Å². The van der Waals surface area contributed by atoms with Crippen LogP contribution in [-0.4, -0.2) is 6.26 Å². The molecule has 0 N–H and O–H groups in total. The fraction of sp³-hybridized carbons (Fsp3) is 0.111. The minimum Gasteiger partial charge on any atom is -0.206 e. The van der Waals surface area contributed by atoms with Gasteiger partial charge in [0.05, 0.1) is 4.34 Å². The molecule has 1 aromatic heterocycles. The van der Waals surface area contributed by atoms with Gasteiger partial charge in [-0.3, -0.25) is 0 Å². The van der Waals surface area contributed by atoms with Crippen LogP contribution in [0.1, 0.15) is 0 Å². The number of thiophene rings is 1. The van der Waals surface area contributed by atoms with Gasteiger partial charge in [-0.05, 0) is 29.8 Å². The molecule has 1 aromatic carbocycles. The molecule has 13 heavy (non-hydrogen) atoms. The number of benzene rings is 1. The van der Waals surface area contributed by atoms with Crippen LogP contribution < -0.4 is 0 Å². The van der Waals surface area contributed by atoms with Crippen molar-refractivity contribution in [2.45, 2.75) is 4.90 Å². The van der Waals surface area contributed by atoms with Crippen LogP contribution in [0.25, 0.3) is 10.1 Å². The van der Waals surface area contributed by atoms with Crippen molar-refractivity contribution in [3.63, 3.8) is 0 Å². The summed E-state index contributed by atoms with van der Waals surface area (Å²) in [5, 5.41) is 0.880. The first kappa shape index (κ1) is 9.31. The van der Waals surface area contributed by atoms with E-state index in [4.69, 9.17) is 11.6 Å². The van der Waals surface area contributed by atoms with E-state index < -0.39 is 0 Å². The Balaban J connectivity index is 2.72. The SMILES string of the molecule is CSc1cc2sc(Cl)cc2cc1F. The molecule has 0 aliphatic heterocycles. The lowest BCUT2D eigenvalue weighted by atomic mass is 10.2. The molecule has 0 nitrogen and oxygen atoms in total. The number of hydrogen-bond acceptors (Lipinski definition) is 2. The Morgan fingerprint density at radius 3 is 2.85 bits per heavy atom. The van der Waals surface area contributed by atoms with E-state index in [1.807, 2.05) is 12.3 Å². The molecule has 0 saturated heterocycles. The van der Waals surface area contributed by atoms with E-state index in [1.54, 1.807) is 6.07 Å². The Morgan fingerprint density at radius 2 is 2.15 bits per heavy atom. The standard InChI is InChI=1S/C9H6ClFS2/c1-12-8-4-7-5(2-6(8)11)3-9(10)13-7/h2-4H,1H3. The third-order valence-corrected chi connectivity index (χ3v) is 3.74. The van der Waals surface area contributed by atoms with E-state index in [2.05, 4.69) is 0 Å². The predicted octanol–water partition coefficient (Wildman–Crippen LogP) is 4.42. The van der Waals surface area contributed by atoms with Crippen molar-refractivity contribution < 1.29 is 4.39 Å². The van der Waals surface area contributed by atoms with Gasteiger partial charge in [-0.2, -0.15) is 0 Å². The van der Waals surface area contributed by atoms with Gasteiger partial charge in [0, 0.05) is 9.60 Å². The van der Waals surface area contributed by atoms with Crippen molar-refractivity contribution in [3.05, 3.63) is 28.4 Å². The van der Waals surface area contributed by atoms with Crippen molar-refractivity contribution in [2.75, 3.05) is 6.26 Å². The molecule has 0 atom stereocenters. The van der Waals surface area contributed by atoms with Crippen molar-refractivity contribution in [1.29, 1.82) is 0 Å². The van der Waals surface area contributed by atoms with Crippen LogP contribution in [0.2, 0.25) is 4.34 Å². The molecular formula is C9H6ClFS2. The summed E-state index contributed by atoms with van der Waals surface area (Å²) in [5.41, 5.74) is 0. The summed E-state index contributed by atoms with van der Waals surface area (Å²) in [4.78, 5) is 0.672. The molecule has 0 saturated carbocycles.